The fourth-order valence-electron chi connectivity index (χ4n) is 1.34. The van der Waals surface area contributed by atoms with Gasteiger partial charge in [-0.25, -0.2) is 0 Å². The van der Waals surface area contributed by atoms with E-state index in [1.54, 1.807) is 12.1 Å². The van der Waals surface area contributed by atoms with E-state index in [4.69, 9.17) is 18.0 Å². The summed E-state index contributed by atoms with van der Waals surface area (Å²) in [6.07, 6.45) is 5.06. The molecule has 1 aromatic heterocycles. The Hall–Kier alpha value is -1.75. The highest BCUT2D eigenvalue weighted by molar-refractivity contribution is 8.01. The van der Waals surface area contributed by atoms with Crippen molar-refractivity contribution in [3.8, 4) is 12.3 Å². The molecule has 1 aromatic carbocycles. The summed E-state index contributed by atoms with van der Waals surface area (Å²) < 4.78 is 0.704. The first-order valence-corrected chi connectivity index (χ1v) is 8.04. The van der Waals surface area contributed by atoms with E-state index in [0.29, 0.717) is 14.5 Å². The number of hydrogen-bond donors (Lipinski definition) is 2. The minimum absolute atomic E-state index is 0.127. The first-order chi connectivity index (χ1) is 10.2. The highest BCUT2D eigenvalue weighted by atomic mass is 35.5. The van der Waals surface area contributed by atoms with Crippen LogP contribution >= 0.6 is 34.7 Å². The second-order valence-corrected chi connectivity index (χ2v) is 6.41. The van der Waals surface area contributed by atoms with Gasteiger partial charge in [-0.3, -0.25) is 4.79 Å². The average molecular weight is 339 g/mol. The average Bonchev–Trinajstić information content (AvgIpc) is 2.90. The summed E-state index contributed by atoms with van der Waals surface area (Å²) >= 11 is 8.58. The van der Waals surface area contributed by atoms with E-state index in [1.807, 2.05) is 12.1 Å². The van der Waals surface area contributed by atoms with Crippen LogP contribution in [-0.2, 0) is 4.79 Å². The predicted molar refractivity (Wildman–Crippen MR) is 87.2 cm³/mol. The van der Waals surface area contributed by atoms with Crippen LogP contribution in [0.4, 0.5) is 10.8 Å². The minimum atomic E-state index is -0.127. The van der Waals surface area contributed by atoms with Crippen molar-refractivity contribution in [3.05, 3.63) is 29.3 Å². The molecule has 0 saturated carbocycles. The number of amides is 1. The molecular weight excluding hydrogens is 328 g/mol. The lowest BCUT2D eigenvalue weighted by Gasteiger charge is -2.01. The second-order valence-electron chi connectivity index (χ2n) is 3.78. The van der Waals surface area contributed by atoms with Crippen LogP contribution in [0.1, 0.15) is 0 Å². The molecule has 0 bridgehead atoms. The van der Waals surface area contributed by atoms with Crippen molar-refractivity contribution >= 4 is 51.4 Å². The quantitative estimate of drug-likeness (QED) is 0.626. The van der Waals surface area contributed by atoms with Gasteiger partial charge in [-0.1, -0.05) is 46.7 Å². The van der Waals surface area contributed by atoms with E-state index in [9.17, 15) is 4.79 Å². The Bertz CT molecular complexity index is 668. The number of terminal acetylenes is 1. The zero-order valence-electron chi connectivity index (χ0n) is 10.8. The molecule has 2 N–H and O–H groups in total. The Morgan fingerprint density at radius 2 is 2.33 bits per heavy atom. The Balaban J connectivity index is 1.87. The number of aromatic nitrogens is 2. The lowest BCUT2D eigenvalue weighted by Crippen LogP contribution is -2.25. The number of carbonyl (C=O) groups excluding carboxylic acids is 1. The van der Waals surface area contributed by atoms with Gasteiger partial charge in [0.1, 0.15) is 0 Å². The summed E-state index contributed by atoms with van der Waals surface area (Å²) in [5, 5.41) is 15.0. The van der Waals surface area contributed by atoms with Gasteiger partial charge in [0.15, 0.2) is 4.34 Å². The smallest absolute Gasteiger partial charge is 0.231 e. The van der Waals surface area contributed by atoms with E-state index in [1.165, 1.54) is 23.1 Å². The van der Waals surface area contributed by atoms with Gasteiger partial charge < -0.3 is 10.6 Å². The zero-order valence-corrected chi connectivity index (χ0v) is 13.2. The Labute approximate surface area is 135 Å². The molecule has 108 valence electrons. The van der Waals surface area contributed by atoms with Crippen LogP contribution in [0.3, 0.4) is 0 Å². The molecule has 0 aliphatic carbocycles. The zero-order chi connectivity index (χ0) is 15.1. The Morgan fingerprint density at radius 1 is 1.48 bits per heavy atom. The van der Waals surface area contributed by atoms with Crippen LogP contribution in [0.25, 0.3) is 0 Å². The van der Waals surface area contributed by atoms with Gasteiger partial charge in [-0.2, -0.15) is 0 Å². The summed E-state index contributed by atoms with van der Waals surface area (Å²) in [7, 11) is 0. The fraction of sp³-hybridized carbons (Fsp3) is 0.154. The molecule has 1 heterocycles. The van der Waals surface area contributed by atoms with Gasteiger partial charge in [0.2, 0.25) is 11.0 Å². The largest absolute Gasteiger partial charge is 0.344 e. The number of thioether (sulfide) groups is 1. The summed E-state index contributed by atoms with van der Waals surface area (Å²) in [6, 6.07) is 7.32. The van der Waals surface area contributed by atoms with E-state index in [0.717, 1.165) is 5.69 Å². The molecular formula is C13H11ClN4OS2. The summed E-state index contributed by atoms with van der Waals surface area (Å²) in [5.41, 5.74) is 0.835. The van der Waals surface area contributed by atoms with E-state index in [2.05, 4.69) is 26.8 Å². The van der Waals surface area contributed by atoms with E-state index < -0.39 is 0 Å². The molecule has 21 heavy (non-hydrogen) atoms. The highest BCUT2D eigenvalue weighted by Gasteiger charge is 2.08. The van der Waals surface area contributed by atoms with Crippen LogP contribution in [0.2, 0.25) is 5.02 Å². The maximum absolute atomic E-state index is 11.4. The number of nitrogens with one attached hydrogen (secondary N) is 2. The molecule has 0 aliphatic heterocycles. The summed E-state index contributed by atoms with van der Waals surface area (Å²) in [4.78, 5) is 11.4. The minimum Gasteiger partial charge on any atom is -0.344 e. The molecule has 1 amide bonds. The van der Waals surface area contributed by atoms with Crippen LogP contribution in [0.15, 0.2) is 28.6 Å². The van der Waals surface area contributed by atoms with Gasteiger partial charge in [0, 0.05) is 10.7 Å². The molecule has 8 heteroatoms. The van der Waals surface area contributed by atoms with Crippen molar-refractivity contribution in [2.45, 2.75) is 4.34 Å². The third kappa shape index (κ3) is 5.27. The maximum atomic E-state index is 11.4. The number of rotatable bonds is 6. The number of hydrogen-bond acceptors (Lipinski definition) is 6. The number of halogens is 1. The number of nitrogens with zero attached hydrogens (tertiary/aromatic N) is 2. The topological polar surface area (TPSA) is 66.9 Å². The number of anilines is 2. The normalized spacial score (nSPS) is 9.90. The standard InChI is InChI=1S/C13H11ClN4OS2/c1-2-6-15-11(19)8-20-13-18-17-12(21-13)16-10-5-3-4-9(14)7-10/h1,3-5,7H,6,8H2,(H,15,19)(H,16,17). The van der Waals surface area contributed by atoms with E-state index >= 15 is 0 Å². The van der Waals surface area contributed by atoms with Gasteiger partial charge in [-0.05, 0) is 18.2 Å². The van der Waals surface area contributed by atoms with Crippen molar-refractivity contribution in [1.29, 1.82) is 0 Å². The molecule has 2 rings (SSSR count). The predicted octanol–water partition coefficient (Wildman–Crippen LogP) is 2.78. The second kappa shape index (κ2) is 7.88. The van der Waals surface area contributed by atoms with Crippen LogP contribution in [-0.4, -0.2) is 28.4 Å². The molecule has 0 saturated heterocycles. The fourth-order valence-corrected chi connectivity index (χ4v) is 3.13. The van der Waals surface area contributed by atoms with Crippen LogP contribution in [0.5, 0.6) is 0 Å². The molecule has 0 aliphatic rings. The Kier molecular flexibility index (Phi) is 5.87. The van der Waals surface area contributed by atoms with Gasteiger partial charge in [0.05, 0.1) is 12.3 Å². The molecule has 0 radical (unpaired) electrons. The lowest BCUT2D eigenvalue weighted by molar-refractivity contribution is -0.118. The summed E-state index contributed by atoms with van der Waals surface area (Å²) in [6.45, 7) is 0.233. The van der Waals surface area contributed by atoms with Crippen molar-refractivity contribution < 1.29 is 4.79 Å². The first-order valence-electron chi connectivity index (χ1n) is 5.86. The van der Waals surface area contributed by atoms with Crippen LogP contribution in [0, 0.1) is 12.3 Å². The first kappa shape index (κ1) is 15.6. The Morgan fingerprint density at radius 3 is 3.10 bits per heavy atom. The molecule has 0 spiro atoms. The van der Waals surface area contributed by atoms with Crippen molar-refractivity contribution in [2.24, 2.45) is 0 Å². The van der Waals surface area contributed by atoms with Gasteiger partial charge in [0.25, 0.3) is 0 Å². The third-order valence-electron chi connectivity index (χ3n) is 2.20. The van der Waals surface area contributed by atoms with Crippen LogP contribution < -0.4 is 10.6 Å². The van der Waals surface area contributed by atoms with E-state index in [-0.39, 0.29) is 18.2 Å². The van der Waals surface area contributed by atoms with Crippen molar-refractivity contribution in [1.82, 2.24) is 15.5 Å². The SMILES string of the molecule is C#CCNC(=O)CSc1nnc(Nc2cccc(Cl)c2)s1. The molecule has 2 aromatic rings. The lowest BCUT2D eigenvalue weighted by atomic mass is 10.3. The molecule has 0 unspecified atom stereocenters. The number of carbonyl (C=O) groups is 1. The maximum Gasteiger partial charge on any atom is 0.231 e. The monoisotopic (exact) mass is 338 g/mol. The third-order valence-corrected chi connectivity index (χ3v) is 4.40. The molecule has 0 atom stereocenters. The highest BCUT2D eigenvalue weighted by Crippen LogP contribution is 2.28. The summed E-state index contributed by atoms with van der Waals surface area (Å²) in [5.74, 6) is 2.48. The van der Waals surface area contributed by atoms with Gasteiger partial charge in [-0.15, -0.1) is 16.6 Å². The van der Waals surface area contributed by atoms with Crippen molar-refractivity contribution in [3.63, 3.8) is 0 Å². The van der Waals surface area contributed by atoms with Crippen molar-refractivity contribution in [2.75, 3.05) is 17.6 Å². The van der Waals surface area contributed by atoms with Gasteiger partial charge >= 0.3 is 0 Å². The number of benzene rings is 1. The molecule has 5 nitrogen and oxygen atoms in total. The molecule has 0 fully saturated rings.